The van der Waals surface area contributed by atoms with Gasteiger partial charge in [0.1, 0.15) is 23.2 Å². The van der Waals surface area contributed by atoms with Crippen LogP contribution in [0, 0.1) is 11.8 Å². The first-order valence-corrected chi connectivity index (χ1v) is 12.6. The summed E-state index contributed by atoms with van der Waals surface area (Å²) >= 11 is 0. The molecule has 5 atom stereocenters. The Morgan fingerprint density at radius 3 is 2.53 bits per heavy atom. The average molecular weight is 475 g/mol. The van der Waals surface area contributed by atoms with Crippen molar-refractivity contribution in [3.8, 4) is 0 Å². The monoisotopic (exact) mass is 474 g/mol. The third kappa shape index (κ3) is 3.79. The first-order chi connectivity index (χ1) is 16.1. The van der Waals surface area contributed by atoms with Crippen LogP contribution >= 0.6 is 0 Å². The van der Waals surface area contributed by atoms with Crippen molar-refractivity contribution in [2.75, 3.05) is 26.3 Å². The predicted octanol–water partition coefficient (Wildman–Crippen LogP) is 2.21. The van der Waals surface area contributed by atoms with Crippen LogP contribution in [0.2, 0.25) is 0 Å². The molecule has 0 aromatic rings. The number of aliphatic hydroxyl groups excluding tert-OH is 1. The molecule has 0 radical (unpaired) electrons. The van der Waals surface area contributed by atoms with Crippen molar-refractivity contribution >= 4 is 17.8 Å². The van der Waals surface area contributed by atoms with Crippen LogP contribution < -0.4 is 0 Å². The van der Waals surface area contributed by atoms with Crippen LogP contribution in [0.25, 0.3) is 0 Å². The van der Waals surface area contributed by atoms with Crippen molar-refractivity contribution in [3.63, 3.8) is 0 Å². The van der Waals surface area contributed by atoms with Gasteiger partial charge < -0.3 is 24.4 Å². The molecule has 4 heterocycles. The molecule has 4 rings (SSSR count). The number of unbranched alkanes of at least 4 members (excludes halogenated alkanes) is 1. The van der Waals surface area contributed by atoms with Crippen LogP contribution in [0.15, 0.2) is 24.3 Å². The third-order valence-electron chi connectivity index (χ3n) is 7.75. The van der Waals surface area contributed by atoms with Crippen molar-refractivity contribution in [2.24, 2.45) is 11.8 Å². The van der Waals surface area contributed by atoms with Gasteiger partial charge >= 0.3 is 5.97 Å². The molecule has 0 saturated carbocycles. The number of allylic oxidation sites excluding steroid dienone is 1. The number of hydrogen-bond donors (Lipinski definition) is 1. The minimum atomic E-state index is -1.25. The zero-order valence-electron chi connectivity index (χ0n) is 20.8. The molecule has 2 saturated heterocycles. The van der Waals surface area contributed by atoms with Crippen LogP contribution in [-0.4, -0.2) is 81.8 Å². The molecule has 1 spiro atoms. The Morgan fingerprint density at radius 1 is 1.09 bits per heavy atom. The number of esters is 1. The van der Waals surface area contributed by atoms with E-state index in [1.807, 2.05) is 52.0 Å². The van der Waals surface area contributed by atoms with Gasteiger partial charge in [0.15, 0.2) is 0 Å². The number of carbonyl (C=O) groups excluding carboxylic acids is 3. The van der Waals surface area contributed by atoms with E-state index in [-0.39, 0.29) is 18.4 Å². The second kappa shape index (κ2) is 9.11. The van der Waals surface area contributed by atoms with Crippen molar-refractivity contribution in [1.29, 1.82) is 0 Å². The van der Waals surface area contributed by atoms with Crippen LogP contribution in [0.5, 0.6) is 0 Å². The Balaban J connectivity index is 1.87. The number of carbonyl (C=O) groups is 3. The highest BCUT2D eigenvalue weighted by atomic mass is 16.6. The van der Waals surface area contributed by atoms with E-state index in [0.29, 0.717) is 45.4 Å². The molecular formula is C26H38N2O6. The Hall–Kier alpha value is -2.19. The van der Waals surface area contributed by atoms with Gasteiger partial charge in [-0.25, -0.2) is 0 Å². The van der Waals surface area contributed by atoms with Crippen molar-refractivity contribution in [2.45, 2.75) is 82.6 Å². The van der Waals surface area contributed by atoms with E-state index in [1.165, 1.54) is 0 Å². The Bertz CT molecular complexity index is 892. The Morgan fingerprint density at radius 2 is 1.85 bits per heavy atom. The minimum absolute atomic E-state index is 0.0123. The van der Waals surface area contributed by atoms with Gasteiger partial charge in [0.05, 0.1) is 12.5 Å². The van der Waals surface area contributed by atoms with Gasteiger partial charge in [-0.2, -0.15) is 0 Å². The van der Waals surface area contributed by atoms with E-state index >= 15 is 0 Å². The van der Waals surface area contributed by atoms with E-state index in [4.69, 9.17) is 9.47 Å². The number of amides is 2. The zero-order chi connectivity index (χ0) is 24.7. The molecule has 0 bridgehead atoms. The number of hydrogen-bond acceptors (Lipinski definition) is 6. The molecule has 2 amide bonds. The zero-order valence-corrected chi connectivity index (χ0v) is 20.8. The van der Waals surface area contributed by atoms with E-state index in [0.717, 1.165) is 6.42 Å². The fourth-order valence-corrected chi connectivity index (χ4v) is 6.11. The number of rotatable bonds is 5. The number of aliphatic hydroxyl groups is 1. The minimum Gasteiger partial charge on any atom is -0.465 e. The van der Waals surface area contributed by atoms with Crippen LogP contribution in [0.1, 0.15) is 59.8 Å². The lowest BCUT2D eigenvalue weighted by Crippen LogP contribution is -2.59. The van der Waals surface area contributed by atoms with E-state index in [2.05, 4.69) is 0 Å². The summed E-state index contributed by atoms with van der Waals surface area (Å²) in [5.74, 6) is -2.53. The molecule has 4 aliphatic rings. The van der Waals surface area contributed by atoms with Crippen LogP contribution in [-0.2, 0) is 23.9 Å². The highest BCUT2D eigenvalue weighted by molar-refractivity contribution is 5.99. The van der Waals surface area contributed by atoms with Crippen molar-refractivity contribution in [1.82, 2.24) is 9.80 Å². The van der Waals surface area contributed by atoms with Gasteiger partial charge in [0.25, 0.3) is 0 Å². The Labute approximate surface area is 201 Å². The number of cyclic esters (lactones) is 1. The van der Waals surface area contributed by atoms with Crippen LogP contribution in [0.4, 0.5) is 0 Å². The summed E-state index contributed by atoms with van der Waals surface area (Å²) in [6, 6.07) is -0.873. The maximum absolute atomic E-state index is 14.1. The second-order valence-electron chi connectivity index (χ2n) is 10.8. The van der Waals surface area contributed by atoms with Gasteiger partial charge in [-0.05, 0) is 52.9 Å². The van der Waals surface area contributed by atoms with Gasteiger partial charge in [-0.15, -0.1) is 0 Å². The van der Waals surface area contributed by atoms with Gasteiger partial charge in [-0.3, -0.25) is 14.4 Å². The maximum Gasteiger partial charge on any atom is 0.313 e. The first kappa shape index (κ1) is 24.9. The largest absolute Gasteiger partial charge is 0.465 e. The second-order valence-corrected chi connectivity index (χ2v) is 10.8. The molecule has 1 unspecified atom stereocenters. The third-order valence-corrected chi connectivity index (χ3v) is 7.75. The van der Waals surface area contributed by atoms with Gasteiger partial charge in [0, 0.05) is 25.2 Å². The standard InChI is InChI=1S/C26H38N2O6/c1-5-25-12-7-6-10-17-33-23(32)19(25)18-21(30)27(14-8-9-16-29)20-22(31)28(24(2,3)4)15-11-13-26(18,20)34-25/h7,11-13,18-20,29H,5-6,8-10,14-17H2,1-4H3/b12-7-/t18-,19+,20?,25-,26-/m0/s1. The van der Waals surface area contributed by atoms with Crippen LogP contribution in [0.3, 0.4) is 0 Å². The lowest BCUT2D eigenvalue weighted by atomic mass is 9.73. The number of ether oxygens (including phenoxy) is 2. The summed E-state index contributed by atoms with van der Waals surface area (Å²) in [6.45, 7) is 8.90. The van der Waals surface area contributed by atoms with Crippen molar-refractivity contribution in [3.05, 3.63) is 24.3 Å². The quantitative estimate of drug-likeness (QED) is 0.373. The smallest absolute Gasteiger partial charge is 0.313 e. The average Bonchev–Trinajstić information content (AvgIpc) is 3.14. The Kier molecular flexibility index (Phi) is 6.68. The molecule has 0 aromatic carbocycles. The molecule has 4 aliphatic heterocycles. The molecule has 0 aliphatic carbocycles. The number of likely N-dealkylation sites (tertiary alicyclic amines) is 1. The molecule has 188 valence electrons. The topological polar surface area (TPSA) is 96.4 Å². The van der Waals surface area contributed by atoms with E-state index in [9.17, 15) is 19.5 Å². The summed E-state index contributed by atoms with van der Waals surface area (Å²) in [5.41, 5.74) is -2.72. The predicted molar refractivity (Wildman–Crippen MR) is 126 cm³/mol. The highest BCUT2D eigenvalue weighted by Gasteiger charge is 2.75. The highest BCUT2D eigenvalue weighted by Crippen LogP contribution is 2.58. The SMILES string of the molecule is CC[C@]12/C=C\CCCOC(=O)[C@H]1[C@H]1C(=O)N(CCCCO)C3C(=O)N(C(C)(C)C)CC=C[C@@]31O2. The molecular weight excluding hydrogens is 436 g/mol. The van der Waals surface area contributed by atoms with Gasteiger partial charge in [0.2, 0.25) is 11.8 Å². The molecule has 2 fully saturated rings. The van der Waals surface area contributed by atoms with E-state index in [1.54, 1.807) is 9.80 Å². The lowest BCUT2D eigenvalue weighted by Gasteiger charge is -2.41. The molecule has 0 aromatic heterocycles. The fraction of sp³-hybridized carbons (Fsp3) is 0.731. The van der Waals surface area contributed by atoms with Crippen molar-refractivity contribution < 1.29 is 29.0 Å². The summed E-state index contributed by atoms with van der Waals surface area (Å²) < 4.78 is 12.5. The first-order valence-electron chi connectivity index (χ1n) is 12.6. The lowest BCUT2D eigenvalue weighted by molar-refractivity contribution is -0.162. The summed E-state index contributed by atoms with van der Waals surface area (Å²) in [5, 5.41) is 9.30. The molecule has 34 heavy (non-hydrogen) atoms. The molecule has 8 nitrogen and oxygen atoms in total. The molecule has 8 heteroatoms. The normalized spacial score (nSPS) is 36.7. The maximum atomic E-state index is 14.1. The number of nitrogens with zero attached hydrogens (tertiary/aromatic N) is 2. The van der Waals surface area contributed by atoms with E-state index < -0.39 is 40.6 Å². The summed E-state index contributed by atoms with van der Waals surface area (Å²) in [6.07, 6.45) is 10.7. The molecule has 1 N–H and O–H groups in total. The fourth-order valence-electron chi connectivity index (χ4n) is 6.11. The van der Waals surface area contributed by atoms with Gasteiger partial charge in [-0.1, -0.05) is 31.2 Å². The summed E-state index contributed by atoms with van der Waals surface area (Å²) in [4.78, 5) is 44.9. The summed E-state index contributed by atoms with van der Waals surface area (Å²) in [7, 11) is 0. The number of fused-ring (bicyclic) bond motifs is 2.